The van der Waals surface area contributed by atoms with E-state index >= 15 is 0 Å². The van der Waals surface area contributed by atoms with E-state index in [1.165, 1.54) is 43.8 Å². The van der Waals surface area contributed by atoms with Crippen molar-refractivity contribution < 1.29 is 0 Å². The van der Waals surface area contributed by atoms with Gasteiger partial charge in [0.1, 0.15) is 0 Å². The van der Waals surface area contributed by atoms with Crippen molar-refractivity contribution >= 4 is 43.6 Å². The van der Waals surface area contributed by atoms with E-state index in [1.807, 2.05) is 24.4 Å². The first-order chi connectivity index (χ1) is 26.3. The molecule has 0 saturated heterocycles. The molecule has 0 aliphatic heterocycles. The Balaban J connectivity index is 1.47. The average molecular weight is 735 g/mol. The number of aromatic nitrogens is 3. The van der Waals surface area contributed by atoms with Gasteiger partial charge in [-0.05, 0) is 117 Å². The van der Waals surface area contributed by atoms with Gasteiger partial charge in [0.25, 0.3) is 0 Å². The van der Waals surface area contributed by atoms with Gasteiger partial charge in [0.2, 0.25) is 0 Å². The summed E-state index contributed by atoms with van der Waals surface area (Å²) in [5, 5.41) is 15.7. The molecule has 0 unspecified atom stereocenters. The van der Waals surface area contributed by atoms with Crippen LogP contribution in [0, 0.1) is 11.3 Å². The van der Waals surface area contributed by atoms with Crippen molar-refractivity contribution in [3.8, 4) is 28.7 Å². The Morgan fingerprint density at radius 3 is 1.16 bits per heavy atom. The molecule has 0 saturated carbocycles. The minimum Gasteiger partial charge on any atom is -0.309 e. The quantitative estimate of drug-likeness (QED) is 0.181. The second-order valence-electron chi connectivity index (χ2n) is 19.8. The maximum absolute atomic E-state index is 10.9. The minimum atomic E-state index is -0.0113. The van der Waals surface area contributed by atoms with Gasteiger partial charge in [-0.2, -0.15) is 5.26 Å². The molecular weight excluding hydrogens is 681 g/mol. The van der Waals surface area contributed by atoms with Crippen LogP contribution in [0.25, 0.3) is 66.2 Å². The fourth-order valence-corrected chi connectivity index (χ4v) is 8.27. The molecule has 0 spiro atoms. The third kappa shape index (κ3) is 6.09. The van der Waals surface area contributed by atoms with Crippen LogP contribution >= 0.6 is 0 Å². The topological polar surface area (TPSA) is 46.5 Å². The Morgan fingerprint density at radius 2 is 0.804 bits per heavy atom. The van der Waals surface area contributed by atoms with Crippen molar-refractivity contribution in [2.75, 3.05) is 0 Å². The van der Waals surface area contributed by atoms with Crippen LogP contribution in [0.4, 0.5) is 0 Å². The van der Waals surface area contributed by atoms with E-state index in [4.69, 9.17) is 4.98 Å². The molecule has 3 aromatic heterocycles. The first kappa shape index (κ1) is 37.3. The van der Waals surface area contributed by atoms with Crippen molar-refractivity contribution in [2.45, 2.75) is 105 Å². The third-order valence-corrected chi connectivity index (χ3v) is 11.7. The number of pyridine rings is 1. The summed E-state index contributed by atoms with van der Waals surface area (Å²) in [5.41, 5.74) is 13.6. The van der Waals surface area contributed by atoms with E-state index in [2.05, 4.69) is 183 Å². The van der Waals surface area contributed by atoms with Crippen molar-refractivity contribution in [1.29, 1.82) is 5.26 Å². The highest BCUT2D eigenvalue weighted by molar-refractivity contribution is 6.12. The summed E-state index contributed by atoms with van der Waals surface area (Å²) in [6.45, 7) is 27.3. The molecule has 56 heavy (non-hydrogen) atoms. The largest absolute Gasteiger partial charge is 0.309 e. The van der Waals surface area contributed by atoms with Crippen molar-refractivity contribution in [3.63, 3.8) is 0 Å². The molecule has 0 atom stereocenters. The monoisotopic (exact) mass is 734 g/mol. The van der Waals surface area contributed by atoms with Crippen LogP contribution in [0.1, 0.15) is 111 Å². The van der Waals surface area contributed by atoms with Crippen molar-refractivity contribution in [1.82, 2.24) is 14.1 Å². The predicted molar refractivity (Wildman–Crippen MR) is 238 cm³/mol. The zero-order valence-corrected chi connectivity index (χ0v) is 35.2. The lowest BCUT2D eigenvalue weighted by Gasteiger charge is -2.21. The number of nitrogens with zero attached hydrogens (tertiary/aromatic N) is 4. The number of hydrogen-bond acceptors (Lipinski definition) is 2. The number of benzene rings is 5. The van der Waals surface area contributed by atoms with Crippen LogP contribution in [-0.2, 0) is 21.7 Å². The second kappa shape index (κ2) is 12.7. The third-order valence-electron chi connectivity index (χ3n) is 11.7. The van der Waals surface area contributed by atoms with Crippen LogP contribution in [0.2, 0.25) is 0 Å². The van der Waals surface area contributed by atoms with Gasteiger partial charge in [0, 0.05) is 33.3 Å². The Kier molecular flexibility index (Phi) is 8.44. The maximum atomic E-state index is 10.9. The number of fused-ring (bicyclic) bond motifs is 6. The molecule has 0 N–H and O–H groups in total. The standard InChI is InChI=1S/C52H54N4/c1-49(2,3)33-18-22-41-37(27-33)38-28-34(50(4,5)6)19-23-42(38)55(41)45-16-13-15-32(31-53)47(45)48-46(17-14-26-54-48)56-43-24-20-35(51(7,8)9)29-39(43)40-30-36(52(10,11)12)21-25-44(40)56/h13-30H,1-12H3. The molecule has 0 aliphatic carbocycles. The molecule has 282 valence electrons. The summed E-state index contributed by atoms with van der Waals surface area (Å²) in [4.78, 5) is 5.18. The molecule has 8 aromatic rings. The van der Waals surface area contributed by atoms with Gasteiger partial charge in [-0.25, -0.2) is 0 Å². The van der Waals surface area contributed by atoms with Crippen LogP contribution in [-0.4, -0.2) is 14.1 Å². The summed E-state index contributed by atoms with van der Waals surface area (Å²) in [5.74, 6) is 0. The highest BCUT2D eigenvalue weighted by atomic mass is 15.0. The average Bonchev–Trinajstić information content (AvgIpc) is 3.64. The number of hydrogen-bond donors (Lipinski definition) is 0. The molecule has 5 aromatic carbocycles. The van der Waals surface area contributed by atoms with Gasteiger partial charge in [-0.15, -0.1) is 0 Å². The Bertz CT molecular complexity index is 2750. The summed E-state index contributed by atoms with van der Waals surface area (Å²) >= 11 is 0. The zero-order chi connectivity index (χ0) is 40.1. The van der Waals surface area contributed by atoms with Gasteiger partial charge in [0.15, 0.2) is 0 Å². The lowest BCUT2D eigenvalue weighted by Crippen LogP contribution is -2.10. The summed E-state index contributed by atoms with van der Waals surface area (Å²) in [6.07, 6.45) is 1.86. The molecule has 0 fully saturated rings. The summed E-state index contributed by atoms with van der Waals surface area (Å²) < 4.78 is 4.72. The molecule has 3 heterocycles. The molecule has 8 rings (SSSR count). The fraction of sp³-hybridized carbons (Fsp3) is 0.308. The van der Waals surface area contributed by atoms with Crippen LogP contribution < -0.4 is 0 Å². The van der Waals surface area contributed by atoms with Crippen LogP contribution in [0.5, 0.6) is 0 Å². The van der Waals surface area contributed by atoms with E-state index in [0.717, 1.165) is 44.7 Å². The summed E-state index contributed by atoms with van der Waals surface area (Å²) in [7, 11) is 0. The van der Waals surface area contributed by atoms with Crippen LogP contribution in [0.3, 0.4) is 0 Å². The molecule has 0 radical (unpaired) electrons. The van der Waals surface area contributed by atoms with E-state index < -0.39 is 0 Å². The van der Waals surface area contributed by atoms with E-state index in [9.17, 15) is 5.26 Å². The smallest absolute Gasteiger partial charge is 0.0999 e. The summed E-state index contributed by atoms with van der Waals surface area (Å²) in [6, 6.07) is 40.5. The molecule has 4 nitrogen and oxygen atoms in total. The number of rotatable bonds is 3. The highest BCUT2D eigenvalue weighted by Crippen LogP contribution is 2.44. The van der Waals surface area contributed by atoms with Gasteiger partial charge < -0.3 is 9.13 Å². The lowest BCUT2D eigenvalue weighted by molar-refractivity contribution is 0.590. The normalized spacial score (nSPS) is 13.0. The van der Waals surface area contributed by atoms with Crippen molar-refractivity contribution in [3.05, 3.63) is 137 Å². The first-order valence-corrected chi connectivity index (χ1v) is 19.9. The van der Waals surface area contributed by atoms with Gasteiger partial charge in [0.05, 0.1) is 50.8 Å². The molecular formula is C52H54N4. The van der Waals surface area contributed by atoms with Crippen LogP contribution in [0.15, 0.2) is 109 Å². The molecule has 0 bridgehead atoms. The second-order valence-corrected chi connectivity index (χ2v) is 19.8. The SMILES string of the molecule is CC(C)(C)c1ccc2c(c1)c1cc(C(C)(C)C)ccc1n2-c1cccnc1-c1c(C#N)cccc1-n1c2ccc(C(C)(C)C)cc2c2cc(C(C)(C)C)ccc21. The fourth-order valence-electron chi connectivity index (χ4n) is 8.27. The zero-order valence-electron chi connectivity index (χ0n) is 35.2. The minimum absolute atomic E-state index is 0.00600. The maximum Gasteiger partial charge on any atom is 0.0999 e. The first-order valence-electron chi connectivity index (χ1n) is 19.9. The number of nitriles is 1. The molecule has 4 heteroatoms. The van der Waals surface area contributed by atoms with Gasteiger partial charge in [-0.3, -0.25) is 4.98 Å². The van der Waals surface area contributed by atoms with E-state index in [-0.39, 0.29) is 21.7 Å². The predicted octanol–water partition coefficient (Wildman–Crippen LogP) is 14.0. The Hall–Kier alpha value is -5.66. The lowest BCUT2D eigenvalue weighted by atomic mass is 9.85. The van der Waals surface area contributed by atoms with E-state index in [0.29, 0.717) is 5.56 Å². The highest BCUT2D eigenvalue weighted by Gasteiger charge is 2.27. The van der Waals surface area contributed by atoms with Gasteiger partial charge >= 0.3 is 0 Å². The Morgan fingerprint density at radius 1 is 0.446 bits per heavy atom. The van der Waals surface area contributed by atoms with Crippen molar-refractivity contribution in [2.24, 2.45) is 0 Å². The van der Waals surface area contributed by atoms with E-state index in [1.54, 1.807) is 0 Å². The van der Waals surface area contributed by atoms with Gasteiger partial charge in [-0.1, -0.05) is 113 Å². The molecule has 0 amide bonds. The Labute approximate surface area is 332 Å². The molecule has 0 aliphatic rings.